The number of anilines is 1. The van der Waals surface area contributed by atoms with Gasteiger partial charge in [0.15, 0.2) is 5.58 Å². The highest BCUT2D eigenvalue weighted by molar-refractivity contribution is 5.74. The molecule has 0 amide bonds. The van der Waals surface area contributed by atoms with Crippen molar-refractivity contribution in [2.24, 2.45) is 0 Å². The van der Waals surface area contributed by atoms with E-state index in [1.165, 1.54) is 0 Å². The van der Waals surface area contributed by atoms with Gasteiger partial charge in [-0.25, -0.2) is 9.48 Å². The molecule has 2 heterocycles. The number of hydrogen-bond acceptors (Lipinski definition) is 4. The summed E-state index contributed by atoms with van der Waals surface area (Å²) in [7, 11) is 0. The summed E-state index contributed by atoms with van der Waals surface area (Å²) in [6.45, 7) is 0. The minimum absolute atomic E-state index is 0.440. The molecular formula is C10H8N4O2. The van der Waals surface area contributed by atoms with Gasteiger partial charge in [-0.2, -0.15) is 5.10 Å². The molecule has 16 heavy (non-hydrogen) atoms. The number of rotatable bonds is 1. The first kappa shape index (κ1) is 8.78. The Labute approximate surface area is 89.3 Å². The van der Waals surface area contributed by atoms with Gasteiger partial charge in [0.1, 0.15) is 5.82 Å². The van der Waals surface area contributed by atoms with Crippen LogP contribution in [-0.2, 0) is 0 Å². The number of hydrogen-bond donors (Lipinski definition) is 2. The van der Waals surface area contributed by atoms with Crippen molar-refractivity contribution in [2.75, 3.05) is 5.73 Å². The lowest BCUT2D eigenvalue weighted by atomic mass is 10.3. The monoisotopic (exact) mass is 216 g/mol. The van der Waals surface area contributed by atoms with Crippen molar-refractivity contribution < 1.29 is 4.42 Å². The van der Waals surface area contributed by atoms with Gasteiger partial charge in [0.05, 0.1) is 11.2 Å². The lowest BCUT2D eigenvalue weighted by molar-refractivity contribution is 0.555. The first-order chi connectivity index (χ1) is 7.72. The van der Waals surface area contributed by atoms with Crippen LogP contribution in [0.3, 0.4) is 0 Å². The highest BCUT2D eigenvalue weighted by atomic mass is 16.4. The molecule has 0 aliphatic carbocycles. The van der Waals surface area contributed by atoms with Gasteiger partial charge in [-0.15, -0.1) is 0 Å². The number of aromatic nitrogens is 3. The molecule has 80 valence electrons. The van der Waals surface area contributed by atoms with Crippen molar-refractivity contribution in [1.29, 1.82) is 0 Å². The zero-order chi connectivity index (χ0) is 11.1. The predicted molar refractivity (Wildman–Crippen MR) is 58.4 cm³/mol. The molecule has 0 aliphatic heterocycles. The van der Waals surface area contributed by atoms with Crippen LogP contribution in [0, 0.1) is 0 Å². The van der Waals surface area contributed by atoms with Crippen molar-refractivity contribution in [1.82, 2.24) is 14.8 Å². The molecule has 3 aromatic rings. The van der Waals surface area contributed by atoms with E-state index >= 15 is 0 Å². The molecule has 2 aromatic heterocycles. The molecule has 0 radical (unpaired) electrons. The lowest BCUT2D eigenvalue weighted by Crippen LogP contribution is -1.95. The highest BCUT2D eigenvalue weighted by Gasteiger charge is 2.04. The Morgan fingerprint density at radius 2 is 2.25 bits per heavy atom. The van der Waals surface area contributed by atoms with Gasteiger partial charge < -0.3 is 10.2 Å². The second-order valence-corrected chi connectivity index (χ2v) is 3.38. The largest absolute Gasteiger partial charge is 0.417 e. The number of nitrogens with one attached hydrogen (secondary N) is 1. The third kappa shape index (κ3) is 1.28. The molecule has 0 saturated carbocycles. The topological polar surface area (TPSA) is 89.8 Å². The van der Waals surface area contributed by atoms with Gasteiger partial charge in [0, 0.05) is 18.3 Å². The lowest BCUT2D eigenvalue weighted by Gasteiger charge is -1.99. The van der Waals surface area contributed by atoms with Crippen molar-refractivity contribution in [3.8, 4) is 5.69 Å². The van der Waals surface area contributed by atoms with Gasteiger partial charge in [-0.05, 0) is 12.1 Å². The van der Waals surface area contributed by atoms with E-state index in [0.717, 1.165) is 5.69 Å². The van der Waals surface area contributed by atoms with E-state index < -0.39 is 5.76 Å². The van der Waals surface area contributed by atoms with Crippen LogP contribution < -0.4 is 11.5 Å². The second kappa shape index (κ2) is 2.99. The Bertz CT molecular complexity index is 707. The fraction of sp³-hybridized carbons (Fsp3) is 0. The predicted octanol–water partition coefficient (Wildman–Crippen LogP) is 0.889. The van der Waals surface area contributed by atoms with E-state index in [4.69, 9.17) is 10.2 Å². The standard InChI is InChI=1S/C10H8N4O2/c11-9-3-4-14(13-9)6-1-2-7-8(5-6)16-10(15)12-7/h1-5H,(H2,11,13)(H,12,15). The van der Waals surface area contributed by atoms with Gasteiger partial charge in [-0.1, -0.05) is 0 Å². The van der Waals surface area contributed by atoms with E-state index in [1.54, 1.807) is 29.1 Å². The van der Waals surface area contributed by atoms with Crippen LogP contribution >= 0.6 is 0 Å². The average Bonchev–Trinajstić information content (AvgIpc) is 2.81. The molecule has 6 heteroatoms. The third-order valence-electron chi connectivity index (χ3n) is 2.28. The van der Waals surface area contributed by atoms with Crippen LogP contribution in [0.4, 0.5) is 5.82 Å². The Balaban J connectivity index is 2.21. The van der Waals surface area contributed by atoms with Gasteiger partial charge >= 0.3 is 5.76 Å². The van der Waals surface area contributed by atoms with Crippen LogP contribution in [0.15, 0.2) is 39.7 Å². The summed E-state index contributed by atoms with van der Waals surface area (Å²) >= 11 is 0. The summed E-state index contributed by atoms with van der Waals surface area (Å²) in [6.07, 6.45) is 1.74. The first-order valence-electron chi connectivity index (χ1n) is 4.67. The molecule has 0 atom stereocenters. The third-order valence-corrected chi connectivity index (χ3v) is 2.28. The maximum absolute atomic E-state index is 11.0. The zero-order valence-corrected chi connectivity index (χ0v) is 8.18. The van der Waals surface area contributed by atoms with Crippen LogP contribution in [0.1, 0.15) is 0 Å². The van der Waals surface area contributed by atoms with E-state index in [1.807, 2.05) is 6.07 Å². The maximum atomic E-state index is 11.0. The van der Waals surface area contributed by atoms with E-state index in [0.29, 0.717) is 16.9 Å². The SMILES string of the molecule is Nc1ccn(-c2ccc3[nH]c(=O)oc3c2)n1. The summed E-state index contributed by atoms with van der Waals surface area (Å²) in [5.74, 6) is -0.0252. The van der Waals surface area contributed by atoms with Crippen molar-refractivity contribution in [3.05, 3.63) is 41.0 Å². The van der Waals surface area contributed by atoms with E-state index in [9.17, 15) is 4.79 Å². The van der Waals surface area contributed by atoms with Crippen molar-refractivity contribution >= 4 is 16.9 Å². The van der Waals surface area contributed by atoms with Crippen molar-refractivity contribution in [2.45, 2.75) is 0 Å². The van der Waals surface area contributed by atoms with Crippen LogP contribution in [-0.4, -0.2) is 14.8 Å². The molecule has 0 unspecified atom stereocenters. The smallest absolute Gasteiger partial charge is 0.408 e. The number of nitrogens with zero attached hydrogens (tertiary/aromatic N) is 2. The molecule has 0 bridgehead atoms. The number of H-pyrrole nitrogens is 1. The second-order valence-electron chi connectivity index (χ2n) is 3.38. The molecule has 0 aliphatic rings. The number of oxazole rings is 1. The summed E-state index contributed by atoms with van der Waals surface area (Å²) < 4.78 is 6.57. The highest BCUT2D eigenvalue weighted by Crippen LogP contribution is 2.15. The Hall–Kier alpha value is -2.50. The Morgan fingerprint density at radius 1 is 1.38 bits per heavy atom. The summed E-state index contributed by atoms with van der Waals surface area (Å²) in [6, 6.07) is 6.99. The molecule has 0 saturated heterocycles. The average molecular weight is 216 g/mol. The molecule has 0 fully saturated rings. The number of fused-ring (bicyclic) bond motifs is 1. The van der Waals surface area contributed by atoms with Crippen LogP contribution in [0.5, 0.6) is 0 Å². The minimum atomic E-state index is -0.466. The fourth-order valence-corrected chi connectivity index (χ4v) is 1.56. The Kier molecular flexibility index (Phi) is 1.64. The number of benzene rings is 1. The van der Waals surface area contributed by atoms with Gasteiger partial charge in [0.2, 0.25) is 0 Å². The summed E-state index contributed by atoms with van der Waals surface area (Å²) in [5.41, 5.74) is 7.46. The maximum Gasteiger partial charge on any atom is 0.417 e. The quantitative estimate of drug-likeness (QED) is 0.632. The fourth-order valence-electron chi connectivity index (χ4n) is 1.56. The van der Waals surface area contributed by atoms with E-state index in [2.05, 4.69) is 10.1 Å². The van der Waals surface area contributed by atoms with Crippen LogP contribution in [0.25, 0.3) is 16.8 Å². The number of nitrogen functional groups attached to an aromatic ring is 1. The number of nitrogens with two attached hydrogens (primary N) is 1. The Morgan fingerprint density at radius 3 is 3.00 bits per heavy atom. The van der Waals surface area contributed by atoms with Crippen molar-refractivity contribution in [3.63, 3.8) is 0 Å². The normalized spacial score (nSPS) is 11.0. The van der Waals surface area contributed by atoms with Gasteiger partial charge in [0.25, 0.3) is 0 Å². The molecular weight excluding hydrogens is 208 g/mol. The molecule has 3 rings (SSSR count). The molecule has 1 aromatic carbocycles. The van der Waals surface area contributed by atoms with Crippen LogP contribution in [0.2, 0.25) is 0 Å². The minimum Gasteiger partial charge on any atom is -0.408 e. The summed E-state index contributed by atoms with van der Waals surface area (Å²) in [5, 5.41) is 4.06. The summed E-state index contributed by atoms with van der Waals surface area (Å²) in [4.78, 5) is 13.5. The molecule has 0 spiro atoms. The molecule has 6 nitrogen and oxygen atoms in total. The first-order valence-corrected chi connectivity index (χ1v) is 4.67. The zero-order valence-electron chi connectivity index (χ0n) is 8.18. The van der Waals surface area contributed by atoms with E-state index in [-0.39, 0.29) is 0 Å². The molecule has 3 N–H and O–H groups in total. The van der Waals surface area contributed by atoms with Gasteiger partial charge in [-0.3, -0.25) is 4.98 Å². The number of aromatic amines is 1.